The standard InChI is InChI=1S/C22H16N2O3S/c1-27-21(26)16-11-9-14(10-12-16)13-19-20(25)24-22(28-19)23-18-8-4-6-15-5-2-3-7-17(15)18/h2-13H,1H3,(H,23,24,25)/b19-13-. The molecule has 1 amide bonds. The Morgan fingerprint density at radius 3 is 2.57 bits per heavy atom. The van der Waals surface area contributed by atoms with Gasteiger partial charge in [-0.05, 0) is 47.0 Å². The number of benzene rings is 3. The van der Waals surface area contributed by atoms with Gasteiger partial charge < -0.3 is 10.1 Å². The molecule has 0 aromatic heterocycles. The van der Waals surface area contributed by atoms with Crippen molar-refractivity contribution >= 4 is 51.3 Å². The number of thioether (sulfide) groups is 1. The van der Waals surface area contributed by atoms with E-state index in [4.69, 9.17) is 0 Å². The van der Waals surface area contributed by atoms with Crippen molar-refractivity contribution in [3.8, 4) is 0 Å². The van der Waals surface area contributed by atoms with Crippen molar-refractivity contribution in [2.45, 2.75) is 0 Å². The summed E-state index contributed by atoms with van der Waals surface area (Å²) < 4.78 is 4.69. The topological polar surface area (TPSA) is 67.8 Å². The molecule has 0 bridgehead atoms. The highest BCUT2D eigenvalue weighted by atomic mass is 32.2. The molecule has 0 radical (unpaired) electrons. The lowest BCUT2D eigenvalue weighted by Crippen LogP contribution is -2.19. The Hall–Kier alpha value is -3.38. The first kappa shape index (κ1) is 18.0. The molecule has 1 fully saturated rings. The minimum atomic E-state index is -0.392. The molecule has 3 aromatic rings. The summed E-state index contributed by atoms with van der Waals surface area (Å²) in [6.07, 6.45) is 1.77. The number of esters is 1. The first-order valence-electron chi connectivity index (χ1n) is 8.60. The quantitative estimate of drug-likeness (QED) is 0.529. The summed E-state index contributed by atoms with van der Waals surface area (Å²) in [5.41, 5.74) is 2.09. The normalized spacial score (nSPS) is 16.5. The van der Waals surface area contributed by atoms with Gasteiger partial charge in [0.25, 0.3) is 5.91 Å². The predicted octanol–water partition coefficient (Wildman–Crippen LogP) is 4.52. The Balaban J connectivity index is 1.59. The number of hydrogen-bond donors (Lipinski definition) is 1. The van der Waals surface area contributed by atoms with E-state index in [0.717, 1.165) is 22.0 Å². The number of rotatable bonds is 3. The van der Waals surface area contributed by atoms with E-state index < -0.39 is 5.97 Å². The molecule has 138 valence electrons. The third-order valence-electron chi connectivity index (χ3n) is 4.27. The zero-order valence-electron chi connectivity index (χ0n) is 15.0. The van der Waals surface area contributed by atoms with Crippen LogP contribution in [0.4, 0.5) is 5.69 Å². The van der Waals surface area contributed by atoms with E-state index in [1.165, 1.54) is 18.9 Å². The van der Waals surface area contributed by atoms with Crippen molar-refractivity contribution in [3.05, 3.63) is 82.8 Å². The van der Waals surface area contributed by atoms with E-state index in [1.54, 1.807) is 30.3 Å². The smallest absolute Gasteiger partial charge is 0.337 e. The zero-order valence-corrected chi connectivity index (χ0v) is 15.8. The van der Waals surface area contributed by atoms with Crippen molar-refractivity contribution in [2.24, 2.45) is 4.99 Å². The van der Waals surface area contributed by atoms with Crippen LogP contribution < -0.4 is 5.32 Å². The first-order valence-corrected chi connectivity index (χ1v) is 9.41. The molecular weight excluding hydrogens is 372 g/mol. The molecule has 0 spiro atoms. The lowest BCUT2D eigenvalue weighted by Gasteiger charge is -2.02. The van der Waals surface area contributed by atoms with Crippen LogP contribution >= 0.6 is 11.8 Å². The Kier molecular flexibility index (Phi) is 4.95. The van der Waals surface area contributed by atoms with Gasteiger partial charge in [0.1, 0.15) is 0 Å². The van der Waals surface area contributed by atoms with E-state index in [2.05, 4.69) is 15.0 Å². The molecule has 0 atom stereocenters. The summed E-state index contributed by atoms with van der Waals surface area (Å²) in [6, 6.07) is 20.8. The van der Waals surface area contributed by atoms with Gasteiger partial charge in [0.15, 0.2) is 5.17 Å². The van der Waals surface area contributed by atoms with Crippen LogP contribution in [0.3, 0.4) is 0 Å². The monoisotopic (exact) mass is 388 g/mol. The van der Waals surface area contributed by atoms with Gasteiger partial charge in [-0.3, -0.25) is 4.79 Å². The van der Waals surface area contributed by atoms with Crippen molar-refractivity contribution in [1.82, 2.24) is 5.32 Å². The van der Waals surface area contributed by atoms with Crippen molar-refractivity contribution in [1.29, 1.82) is 0 Å². The molecule has 1 saturated heterocycles. The fraction of sp³-hybridized carbons (Fsp3) is 0.0455. The van der Waals surface area contributed by atoms with Gasteiger partial charge in [-0.2, -0.15) is 0 Å². The molecule has 0 unspecified atom stereocenters. The molecule has 4 rings (SSSR count). The van der Waals surface area contributed by atoms with Crippen LogP contribution in [0.1, 0.15) is 15.9 Å². The molecular formula is C22H16N2O3S. The maximum Gasteiger partial charge on any atom is 0.337 e. The maximum atomic E-state index is 12.3. The van der Waals surface area contributed by atoms with E-state index in [1.807, 2.05) is 42.5 Å². The molecule has 1 heterocycles. The number of amides is 1. The van der Waals surface area contributed by atoms with Gasteiger partial charge in [0, 0.05) is 5.39 Å². The van der Waals surface area contributed by atoms with Gasteiger partial charge in [-0.25, -0.2) is 9.79 Å². The second-order valence-corrected chi connectivity index (χ2v) is 7.12. The van der Waals surface area contributed by atoms with E-state index in [9.17, 15) is 9.59 Å². The van der Waals surface area contributed by atoms with Gasteiger partial charge in [-0.1, -0.05) is 48.5 Å². The van der Waals surface area contributed by atoms with Gasteiger partial charge in [0.2, 0.25) is 0 Å². The van der Waals surface area contributed by atoms with Crippen LogP contribution in [0.5, 0.6) is 0 Å². The second kappa shape index (κ2) is 7.70. The van der Waals surface area contributed by atoms with E-state index in [0.29, 0.717) is 15.6 Å². The summed E-state index contributed by atoms with van der Waals surface area (Å²) in [6.45, 7) is 0. The fourth-order valence-electron chi connectivity index (χ4n) is 2.88. The summed E-state index contributed by atoms with van der Waals surface area (Å²) in [5.74, 6) is -0.585. The number of ether oxygens (including phenoxy) is 1. The van der Waals surface area contributed by atoms with Crippen LogP contribution in [0.15, 0.2) is 76.6 Å². The summed E-state index contributed by atoms with van der Waals surface area (Å²) in [5, 5.41) is 5.48. The molecule has 1 N–H and O–H groups in total. The van der Waals surface area contributed by atoms with Crippen LogP contribution in [0.25, 0.3) is 16.8 Å². The third kappa shape index (κ3) is 3.68. The molecule has 0 aliphatic carbocycles. The van der Waals surface area contributed by atoms with Gasteiger partial charge >= 0.3 is 5.97 Å². The average molecular weight is 388 g/mol. The van der Waals surface area contributed by atoms with E-state index in [-0.39, 0.29) is 5.91 Å². The minimum Gasteiger partial charge on any atom is -0.465 e. The molecule has 1 aliphatic rings. The Morgan fingerprint density at radius 1 is 1.04 bits per heavy atom. The number of nitrogens with zero attached hydrogens (tertiary/aromatic N) is 1. The maximum absolute atomic E-state index is 12.3. The number of nitrogens with one attached hydrogen (secondary N) is 1. The van der Waals surface area contributed by atoms with E-state index >= 15 is 0 Å². The number of hydrogen-bond acceptors (Lipinski definition) is 5. The number of methoxy groups -OCH3 is 1. The van der Waals surface area contributed by atoms with Crippen molar-refractivity contribution in [3.63, 3.8) is 0 Å². The first-order chi connectivity index (χ1) is 13.6. The van der Waals surface area contributed by atoms with Crippen molar-refractivity contribution in [2.75, 3.05) is 7.11 Å². The lowest BCUT2D eigenvalue weighted by atomic mass is 10.1. The average Bonchev–Trinajstić information content (AvgIpc) is 3.07. The molecule has 0 saturated carbocycles. The Morgan fingerprint density at radius 2 is 1.79 bits per heavy atom. The van der Waals surface area contributed by atoms with Crippen LogP contribution in [0, 0.1) is 0 Å². The Bertz CT molecular complexity index is 1130. The number of aliphatic imine (C=N–C) groups is 1. The number of amidine groups is 1. The predicted molar refractivity (Wildman–Crippen MR) is 113 cm³/mol. The van der Waals surface area contributed by atoms with Gasteiger partial charge in [-0.15, -0.1) is 0 Å². The highest BCUT2D eigenvalue weighted by molar-refractivity contribution is 8.18. The Labute approximate surface area is 166 Å². The van der Waals surface area contributed by atoms with Crippen LogP contribution in [0.2, 0.25) is 0 Å². The summed E-state index contributed by atoms with van der Waals surface area (Å²) >= 11 is 1.29. The largest absolute Gasteiger partial charge is 0.465 e. The molecule has 3 aromatic carbocycles. The fourth-order valence-corrected chi connectivity index (χ4v) is 3.72. The highest BCUT2D eigenvalue weighted by Crippen LogP contribution is 2.31. The molecule has 6 heteroatoms. The summed E-state index contributed by atoms with van der Waals surface area (Å²) in [4.78, 5) is 29.0. The molecule has 5 nitrogen and oxygen atoms in total. The number of fused-ring (bicyclic) bond motifs is 1. The third-order valence-corrected chi connectivity index (χ3v) is 5.18. The summed E-state index contributed by atoms with van der Waals surface area (Å²) in [7, 11) is 1.34. The van der Waals surface area contributed by atoms with Gasteiger partial charge in [0.05, 0.1) is 23.3 Å². The molecule has 1 aliphatic heterocycles. The zero-order chi connectivity index (χ0) is 19.5. The SMILES string of the molecule is COC(=O)c1ccc(/C=C2\SC(=Nc3cccc4ccccc34)NC2=O)cc1. The highest BCUT2D eigenvalue weighted by Gasteiger charge is 2.24. The second-order valence-electron chi connectivity index (χ2n) is 6.09. The molecule has 28 heavy (non-hydrogen) atoms. The number of carbonyl (C=O) groups excluding carboxylic acids is 2. The van der Waals surface area contributed by atoms with Crippen molar-refractivity contribution < 1.29 is 14.3 Å². The van der Waals surface area contributed by atoms with Crippen LogP contribution in [-0.4, -0.2) is 24.2 Å². The minimum absolute atomic E-state index is 0.193. The number of carbonyl (C=O) groups is 2. The lowest BCUT2D eigenvalue weighted by molar-refractivity contribution is -0.115. The van der Waals surface area contributed by atoms with Crippen LogP contribution in [-0.2, 0) is 9.53 Å².